The van der Waals surface area contributed by atoms with Gasteiger partial charge in [-0.2, -0.15) is 0 Å². The Morgan fingerprint density at radius 1 is 1.56 bits per heavy atom. The van der Waals surface area contributed by atoms with E-state index < -0.39 is 5.97 Å². The van der Waals surface area contributed by atoms with E-state index in [0.29, 0.717) is 11.6 Å². The Morgan fingerprint density at radius 3 is 3.11 bits per heavy atom. The van der Waals surface area contributed by atoms with Crippen LogP contribution in [0.4, 0.5) is 0 Å². The number of aromatic carboxylic acids is 1. The van der Waals surface area contributed by atoms with E-state index in [9.17, 15) is 4.79 Å². The van der Waals surface area contributed by atoms with Crippen molar-refractivity contribution in [2.75, 3.05) is 6.61 Å². The van der Waals surface area contributed by atoms with Gasteiger partial charge in [-0.1, -0.05) is 11.3 Å². The molecule has 0 fully saturated rings. The first-order chi connectivity index (χ1) is 8.69. The Bertz CT molecular complexity index is 744. The van der Waals surface area contributed by atoms with E-state index in [1.54, 1.807) is 4.40 Å². The van der Waals surface area contributed by atoms with Gasteiger partial charge in [-0.15, -0.1) is 0 Å². The molecule has 18 heavy (non-hydrogen) atoms. The number of thiazole rings is 1. The number of aromatic nitrogens is 2. The van der Waals surface area contributed by atoms with Crippen LogP contribution in [0.5, 0.6) is 5.75 Å². The second kappa shape index (κ2) is 3.99. The lowest BCUT2D eigenvalue weighted by molar-refractivity contribution is 0.0691. The van der Waals surface area contributed by atoms with E-state index in [0.717, 1.165) is 16.0 Å². The summed E-state index contributed by atoms with van der Waals surface area (Å²) >= 11 is 1.46. The third kappa shape index (κ3) is 1.62. The van der Waals surface area contributed by atoms with Crippen LogP contribution in [-0.2, 0) is 0 Å². The molecule has 6 heteroatoms. The first-order valence-corrected chi connectivity index (χ1v) is 6.28. The molecule has 3 rings (SSSR count). The standard InChI is InChI=1S/C12H10N2O3S/c1-2-17-7-3-4-10-9(5-7)14-6-8(11(15)16)13-12(14)18-10/h3-6H,2H2,1H3,(H,15,16). The molecule has 1 aromatic carbocycles. The maximum Gasteiger partial charge on any atom is 0.356 e. The van der Waals surface area contributed by atoms with Gasteiger partial charge in [0.2, 0.25) is 0 Å². The quantitative estimate of drug-likeness (QED) is 0.788. The average molecular weight is 262 g/mol. The molecule has 0 unspecified atom stereocenters. The molecule has 3 aromatic rings. The average Bonchev–Trinajstić information content (AvgIpc) is 2.87. The molecule has 0 atom stereocenters. The van der Waals surface area contributed by atoms with Crippen molar-refractivity contribution in [3.63, 3.8) is 0 Å². The van der Waals surface area contributed by atoms with Crippen molar-refractivity contribution < 1.29 is 14.6 Å². The smallest absolute Gasteiger partial charge is 0.356 e. The Morgan fingerprint density at radius 2 is 2.39 bits per heavy atom. The van der Waals surface area contributed by atoms with Crippen molar-refractivity contribution in [3.05, 3.63) is 30.1 Å². The molecule has 0 aliphatic rings. The minimum Gasteiger partial charge on any atom is -0.494 e. The maximum atomic E-state index is 10.9. The van der Waals surface area contributed by atoms with Gasteiger partial charge in [-0.05, 0) is 19.1 Å². The molecule has 1 N–H and O–H groups in total. The summed E-state index contributed by atoms with van der Waals surface area (Å²) in [4.78, 5) is 15.6. The fraction of sp³-hybridized carbons (Fsp3) is 0.167. The van der Waals surface area contributed by atoms with Gasteiger partial charge in [-0.3, -0.25) is 4.40 Å². The molecule has 0 radical (unpaired) electrons. The Balaban J connectivity index is 2.23. The monoisotopic (exact) mass is 262 g/mol. The first-order valence-electron chi connectivity index (χ1n) is 5.47. The highest BCUT2D eigenvalue weighted by Crippen LogP contribution is 2.29. The Hall–Kier alpha value is -2.08. The van der Waals surface area contributed by atoms with Crippen LogP contribution in [0.25, 0.3) is 15.2 Å². The lowest BCUT2D eigenvalue weighted by Gasteiger charge is -2.01. The summed E-state index contributed by atoms with van der Waals surface area (Å²) in [6, 6.07) is 5.76. The second-order valence-electron chi connectivity index (χ2n) is 3.75. The van der Waals surface area contributed by atoms with Crippen molar-refractivity contribution >= 4 is 32.5 Å². The van der Waals surface area contributed by atoms with Crippen LogP contribution in [0.15, 0.2) is 24.4 Å². The molecule has 0 saturated carbocycles. The zero-order chi connectivity index (χ0) is 12.7. The molecule has 0 aliphatic heterocycles. The summed E-state index contributed by atoms with van der Waals surface area (Å²) in [6.45, 7) is 2.52. The fourth-order valence-corrected chi connectivity index (χ4v) is 2.83. The van der Waals surface area contributed by atoms with Crippen LogP contribution in [0.3, 0.4) is 0 Å². The number of carboxylic acid groups (broad SMARTS) is 1. The lowest BCUT2D eigenvalue weighted by atomic mass is 10.3. The van der Waals surface area contributed by atoms with Gasteiger partial charge < -0.3 is 9.84 Å². The summed E-state index contributed by atoms with van der Waals surface area (Å²) in [6.07, 6.45) is 1.53. The van der Waals surface area contributed by atoms with E-state index in [-0.39, 0.29) is 5.69 Å². The zero-order valence-electron chi connectivity index (χ0n) is 9.58. The predicted molar refractivity (Wildman–Crippen MR) is 68.7 cm³/mol. The van der Waals surface area contributed by atoms with Crippen molar-refractivity contribution in [3.8, 4) is 5.75 Å². The molecule has 2 heterocycles. The SMILES string of the molecule is CCOc1ccc2sc3nc(C(=O)O)cn3c2c1. The molecule has 0 bridgehead atoms. The van der Waals surface area contributed by atoms with Crippen molar-refractivity contribution in [1.82, 2.24) is 9.38 Å². The summed E-state index contributed by atoms with van der Waals surface area (Å²) < 4.78 is 8.28. The van der Waals surface area contributed by atoms with Gasteiger partial charge in [0.25, 0.3) is 0 Å². The van der Waals surface area contributed by atoms with Crippen LogP contribution >= 0.6 is 11.3 Å². The highest BCUT2D eigenvalue weighted by molar-refractivity contribution is 7.23. The summed E-state index contributed by atoms with van der Waals surface area (Å²) in [7, 11) is 0. The van der Waals surface area contributed by atoms with Gasteiger partial charge in [0.05, 0.1) is 16.8 Å². The largest absolute Gasteiger partial charge is 0.494 e. The van der Waals surface area contributed by atoms with Gasteiger partial charge in [0.1, 0.15) is 5.75 Å². The maximum absolute atomic E-state index is 10.9. The highest BCUT2D eigenvalue weighted by atomic mass is 32.1. The van der Waals surface area contributed by atoms with Crippen LogP contribution in [-0.4, -0.2) is 27.1 Å². The Labute approximate surface area is 106 Å². The van der Waals surface area contributed by atoms with E-state index in [1.165, 1.54) is 17.5 Å². The number of fused-ring (bicyclic) bond motifs is 3. The van der Waals surface area contributed by atoms with E-state index in [4.69, 9.17) is 9.84 Å². The molecule has 5 nitrogen and oxygen atoms in total. The van der Waals surface area contributed by atoms with Crippen molar-refractivity contribution in [2.24, 2.45) is 0 Å². The van der Waals surface area contributed by atoms with E-state index >= 15 is 0 Å². The summed E-state index contributed by atoms with van der Waals surface area (Å²) in [5.74, 6) is -0.240. The molecule has 0 amide bonds. The Kier molecular flexibility index (Phi) is 2.45. The van der Waals surface area contributed by atoms with Gasteiger partial charge in [0, 0.05) is 12.3 Å². The van der Waals surface area contributed by atoms with Crippen LogP contribution in [0.1, 0.15) is 17.4 Å². The van der Waals surface area contributed by atoms with Crippen LogP contribution in [0.2, 0.25) is 0 Å². The third-order valence-corrected chi connectivity index (χ3v) is 3.63. The number of carboxylic acids is 1. The minimum atomic E-state index is -1.01. The van der Waals surface area contributed by atoms with E-state index in [2.05, 4.69) is 4.98 Å². The zero-order valence-corrected chi connectivity index (χ0v) is 10.4. The summed E-state index contributed by atoms with van der Waals surface area (Å²) in [5, 5.41) is 8.92. The normalized spacial score (nSPS) is 11.2. The molecule has 0 aliphatic carbocycles. The van der Waals surface area contributed by atoms with Crippen LogP contribution in [0, 0.1) is 0 Å². The molecule has 2 aromatic heterocycles. The van der Waals surface area contributed by atoms with Crippen LogP contribution < -0.4 is 4.74 Å². The van der Waals surface area contributed by atoms with Crippen molar-refractivity contribution in [1.29, 1.82) is 0 Å². The van der Waals surface area contributed by atoms with E-state index in [1.807, 2.05) is 25.1 Å². The second-order valence-corrected chi connectivity index (χ2v) is 4.76. The molecule has 92 valence electrons. The van der Waals surface area contributed by atoms with Gasteiger partial charge in [0.15, 0.2) is 10.7 Å². The number of imidazole rings is 1. The minimum absolute atomic E-state index is 0.0602. The number of hydrogen-bond acceptors (Lipinski definition) is 4. The van der Waals surface area contributed by atoms with Gasteiger partial charge >= 0.3 is 5.97 Å². The third-order valence-electron chi connectivity index (χ3n) is 2.59. The number of carbonyl (C=O) groups is 1. The predicted octanol–water partition coefficient (Wildman–Crippen LogP) is 2.65. The lowest BCUT2D eigenvalue weighted by Crippen LogP contribution is -1.95. The first kappa shape index (κ1) is 11.0. The molecule has 0 saturated heterocycles. The van der Waals surface area contributed by atoms with Gasteiger partial charge in [-0.25, -0.2) is 9.78 Å². The molecular formula is C12H10N2O3S. The fourth-order valence-electron chi connectivity index (χ4n) is 1.84. The molecule has 0 spiro atoms. The molecular weight excluding hydrogens is 252 g/mol. The topological polar surface area (TPSA) is 63.8 Å². The number of benzene rings is 1. The number of rotatable bonds is 3. The number of hydrogen-bond donors (Lipinski definition) is 1. The number of ether oxygens (including phenoxy) is 1. The van der Waals surface area contributed by atoms with Crippen molar-refractivity contribution in [2.45, 2.75) is 6.92 Å². The summed E-state index contributed by atoms with van der Waals surface area (Å²) in [5.41, 5.74) is 0.978. The number of nitrogens with zero attached hydrogens (tertiary/aromatic N) is 2. The highest BCUT2D eigenvalue weighted by Gasteiger charge is 2.13.